The minimum absolute atomic E-state index is 0.0618. The molecule has 1 aliphatic heterocycles. The van der Waals surface area contributed by atoms with E-state index in [1.54, 1.807) is 0 Å². The normalized spacial score (nSPS) is 24.9. The van der Waals surface area contributed by atoms with Crippen molar-refractivity contribution in [3.8, 4) is 0 Å². The maximum atomic E-state index is 12.6. The Balaban J connectivity index is 1.22. The molecule has 1 saturated carbocycles. The average Bonchev–Trinajstić information content (AvgIpc) is 3.47. The highest BCUT2D eigenvalue weighted by Crippen LogP contribution is 2.52. The van der Waals surface area contributed by atoms with Gasteiger partial charge in [0.15, 0.2) is 6.61 Å². The van der Waals surface area contributed by atoms with Crippen LogP contribution in [0.25, 0.3) is 0 Å². The summed E-state index contributed by atoms with van der Waals surface area (Å²) in [5.74, 6) is -2.95. The molecule has 1 heterocycles. The first-order valence-corrected chi connectivity index (χ1v) is 11.0. The van der Waals surface area contributed by atoms with Crippen LogP contribution in [0.15, 0.2) is 36.4 Å². The highest BCUT2D eigenvalue weighted by Gasteiger charge is 2.59. The van der Waals surface area contributed by atoms with Crippen molar-refractivity contribution in [2.24, 2.45) is 29.6 Å². The van der Waals surface area contributed by atoms with Crippen LogP contribution in [-0.2, 0) is 28.7 Å². The van der Waals surface area contributed by atoms with Crippen LogP contribution in [0.1, 0.15) is 30.6 Å². The van der Waals surface area contributed by atoms with Gasteiger partial charge in [0, 0.05) is 5.69 Å². The van der Waals surface area contributed by atoms with Crippen molar-refractivity contribution < 1.29 is 33.4 Å². The number of likely N-dealkylation sites (tertiary alicyclic amines) is 1. The second-order valence-electron chi connectivity index (χ2n) is 9.04. The number of hydrogen-bond donors (Lipinski definition) is 1. The quantitative estimate of drug-likeness (QED) is 0.361. The molecule has 3 aliphatic rings. The molecule has 9 heteroatoms. The Kier molecular flexibility index (Phi) is 6.31. The molecule has 1 saturated heterocycles. The van der Waals surface area contributed by atoms with Crippen molar-refractivity contribution >= 4 is 35.3 Å². The molecular weight excluding hydrogens is 428 g/mol. The van der Waals surface area contributed by atoms with E-state index >= 15 is 0 Å². The summed E-state index contributed by atoms with van der Waals surface area (Å²) in [6.45, 7) is 3.13. The predicted molar refractivity (Wildman–Crippen MR) is 116 cm³/mol. The Labute approximate surface area is 191 Å². The van der Waals surface area contributed by atoms with E-state index in [2.05, 4.69) is 5.32 Å². The Morgan fingerprint density at radius 3 is 2.18 bits per heavy atom. The summed E-state index contributed by atoms with van der Waals surface area (Å²) in [6.07, 6.45) is 4.76. The van der Waals surface area contributed by atoms with Crippen LogP contribution in [-0.4, -0.2) is 54.3 Å². The lowest BCUT2D eigenvalue weighted by atomic mass is 9.85. The standard InChI is InChI=1S/C24H26N2O7/c1-13(2)11-33-24(31)14-5-7-17(8-6-14)25-18(27)12-32-19(28)10-26-22(29)20-15-3-4-16(9-15)21(20)23(26)30/h3-8,13,15-16,20-21H,9-12H2,1-2H3,(H,25,27)/t15-,16-,20-,21+/m0/s1. The zero-order valence-corrected chi connectivity index (χ0v) is 18.5. The average molecular weight is 454 g/mol. The van der Waals surface area contributed by atoms with E-state index in [4.69, 9.17) is 9.47 Å². The van der Waals surface area contributed by atoms with Crippen LogP contribution in [0.2, 0.25) is 0 Å². The van der Waals surface area contributed by atoms with Gasteiger partial charge >= 0.3 is 11.9 Å². The van der Waals surface area contributed by atoms with Gasteiger partial charge in [-0.1, -0.05) is 26.0 Å². The maximum absolute atomic E-state index is 12.6. The highest BCUT2D eigenvalue weighted by atomic mass is 16.5. The zero-order valence-electron chi connectivity index (χ0n) is 18.5. The van der Waals surface area contributed by atoms with Crippen LogP contribution < -0.4 is 5.32 Å². The third kappa shape index (κ3) is 4.67. The van der Waals surface area contributed by atoms with E-state index in [1.165, 1.54) is 24.3 Å². The fourth-order valence-corrected chi connectivity index (χ4v) is 4.65. The molecule has 174 valence electrons. The molecular formula is C24H26N2O7. The molecule has 1 N–H and O–H groups in total. The third-order valence-corrected chi connectivity index (χ3v) is 6.17. The third-order valence-electron chi connectivity index (χ3n) is 6.17. The number of amides is 3. The number of carbonyl (C=O) groups is 5. The molecule has 0 unspecified atom stereocenters. The van der Waals surface area contributed by atoms with E-state index in [0.717, 1.165) is 11.3 Å². The number of esters is 2. The summed E-state index contributed by atoms with van der Waals surface area (Å²) in [5, 5.41) is 2.55. The lowest BCUT2D eigenvalue weighted by Crippen LogP contribution is -2.38. The van der Waals surface area contributed by atoms with Gasteiger partial charge in [0.25, 0.3) is 5.91 Å². The summed E-state index contributed by atoms with van der Waals surface area (Å²) in [4.78, 5) is 62.3. The number of fused-ring (bicyclic) bond motifs is 5. The summed E-state index contributed by atoms with van der Waals surface area (Å²) >= 11 is 0. The smallest absolute Gasteiger partial charge is 0.338 e. The summed E-state index contributed by atoms with van der Waals surface area (Å²) in [6, 6.07) is 6.12. The number of anilines is 1. The van der Waals surface area contributed by atoms with Crippen LogP contribution >= 0.6 is 0 Å². The van der Waals surface area contributed by atoms with Gasteiger partial charge in [-0.25, -0.2) is 4.79 Å². The number of rotatable bonds is 8. The summed E-state index contributed by atoms with van der Waals surface area (Å²) in [5.41, 5.74) is 0.769. The van der Waals surface area contributed by atoms with Crippen LogP contribution in [0.4, 0.5) is 5.69 Å². The molecule has 4 rings (SSSR count). The van der Waals surface area contributed by atoms with Gasteiger partial charge in [-0.3, -0.25) is 24.1 Å². The van der Waals surface area contributed by atoms with Gasteiger partial charge in [0.1, 0.15) is 6.54 Å². The van der Waals surface area contributed by atoms with Crippen molar-refractivity contribution in [3.63, 3.8) is 0 Å². The Morgan fingerprint density at radius 1 is 1.00 bits per heavy atom. The van der Waals surface area contributed by atoms with E-state index < -0.39 is 31.0 Å². The fraction of sp³-hybridized carbons (Fsp3) is 0.458. The van der Waals surface area contributed by atoms with Crippen molar-refractivity contribution in [1.29, 1.82) is 0 Å². The second kappa shape index (κ2) is 9.17. The second-order valence-corrected chi connectivity index (χ2v) is 9.04. The molecule has 3 amide bonds. The molecule has 0 aromatic heterocycles. The number of nitrogens with one attached hydrogen (secondary N) is 1. The summed E-state index contributed by atoms with van der Waals surface area (Å²) in [7, 11) is 0. The van der Waals surface area contributed by atoms with Crippen molar-refractivity contribution in [2.45, 2.75) is 20.3 Å². The number of allylic oxidation sites excluding steroid dienone is 2. The number of ether oxygens (including phenoxy) is 2. The monoisotopic (exact) mass is 454 g/mol. The predicted octanol–water partition coefficient (Wildman–Crippen LogP) is 1.79. The van der Waals surface area contributed by atoms with Gasteiger partial charge < -0.3 is 14.8 Å². The minimum atomic E-state index is -0.824. The zero-order chi connectivity index (χ0) is 23.7. The van der Waals surface area contributed by atoms with E-state index in [0.29, 0.717) is 17.9 Å². The fourth-order valence-electron chi connectivity index (χ4n) is 4.65. The molecule has 4 atom stereocenters. The van der Waals surface area contributed by atoms with E-state index in [9.17, 15) is 24.0 Å². The Morgan fingerprint density at radius 2 is 1.61 bits per heavy atom. The van der Waals surface area contributed by atoms with Gasteiger partial charge in [-0.15, -0.1) is 0 Å². The molecule has 2 aliphatic carbocycles. The molecule has 0 spiro atoms. The molecule has 2 fully saturated rings. The van der Waals surface area contributed by atoms with Gasteiger partial charge in [0.2, 0.25) is 11.8 Å². The number of hydrogen-bond acceptors (Lipinski definition) is 7. The Hall–Kier alpha value is -3.49. The lowest BCUT2D eigenvalue weighted by Gasteiger charge is -2.16. The minimum Gasteiger partial charge on any atom is -0.462 e. The maximum Gasteiger partial charge on any atom is 0.338 e. The molecule has 9 nitrogen and oxygen atoms in total. The lowest BCUT2D eigenvalue weighted by molar-refractivity contribution is -0.154. The van der Waals surface area contributed by atoms with Crippen molar-refractivity contribution in [2.75, 3.05) is 25.1 Å². The topological polar surface area (TPSA) is 119 Å². The largest absolute Gasteiger partial charge is 0.462 e. The first-order chi connectivity index (χ1) is 15.7. The molecule has 2 bridgehead atoms. The number of benzene rings is 1. The molecule has 1 aromatic carbocycles. The van der Waals surface area contributed by atoms with E-state index in [1.807, 2.05) is 26.0 Å². The van der Waals surface area contributed by atoms with Crippen LogP contribution in [0.3, 0.4) is 0 Å². The summed E-state index contributed by atoms with van der Waals surface area (Å²) < 4.78 is 10.1. The molecule has 33 heavy (non-hydrogen) atoms. The van der Waals surface area contributed by atoms with Crippen molar-refractivity contribution in [1.82, 2.24) is 4.90 Å². The first-order valence-electron chi connectivity index (χ1n) is 11.0. The van der Waals surface area contributed by atoms with E-state index in [-0.39, 0.29) is 41.4 Å². The Bertz CT molecular complexity index is 984. The highest BCUT2D eigenvalue weighted by molar-refractivity contribution is 6.08. The molecule has 1 aromatic rings. The van der Waals surface area contributed by atoms with Gasteiger partial charge in [0.05, 0.1) is 24.0 Å². The number of nitrogens with zero attached hydrogens (tertiary/aromatic N) is 1. The van der Waals surface area contributed by atoms with Crippen LogP contribution in [0.5, 0.6) is 0 Å². The van der Waals surface area contributed by atoms with Gasteiger partial charge in [-0.05, 0) is 48.4 Å². The van der Waals surface area contributed by atoms with Gasteiger partial charge in [-0.2, -0.15) is 0 Å². The van der Waals surface area contributed by atoms with Crippen molar-refractivity contribution in [3.05, 3.63) is 42.0 Å². The molecule has 0 radical (unpaired) electrons. The van der Waals surface area contributed by atoms with Crippen LogP contribution in [0, 0.1) is 29.6 Å². The first kappa shape index (κ1) is 22.7. The number of imide groups is 1. The number of carbonyl (C=O) groups excluding carboxylic acids is 5. The SMILES string of the molecule is CC(C)COC(=O)c1ccc(NC(=O)COC(=O)CN2C(=O)[C@@H]3[C@H](C2=O)[C@H]2C=C[C@H]3C2)cc1.